The van der Waals surface area contributed by atoms with Crippen LogP contribution in [0.3, 0.4) is 0 Å². The number of rotatable bonds is 16. The molecule has 0 aliphatic rings. The van der Waals surface area contributed by atoms with Gasteiger partial charge in [-0.2, -0.15) is 0 Å². The number of ether oxygens (including phenoxy) is 1. The standard InChI is InChI=1S/C32H55N3O4/c1-10-12-14-15-16-21-35(30(37)27(22-23(3)4)34-31(38)39-32(7,8)9)28(29(36)33-20-13-11-2)26-19-17-18-24(5)25(26)6/h17-19,23,27-28H,10-16,20-22H2,1-9H3,(H,33,36)(H,34,38). The number of carbonyl (C=O) groups excluding carboxylic acids is 3. The molecule has 2 atom stereocenters. The Morgan fingerprint density at radius 3 is 2.18 bits per heavy atom. The summed E-state index contributed by atoms with van der Waals surface area (Å²) in [7, 11) is 0. The van der Waals surface area contributed by atoms with Crippen LogP contribution in [0.15, 0.2) is 18.2 Å². The molecule has 0 bridgehead atoms. The minimum absolute atomic E-state index is 0.151. The second-order valence-electron chi connectivity index (χ2n) is 12.1. The first kappa shape index (κ1) is 34.5. The molecule has 0 saturated heterocycles. The van der Waals surface area contributed by atoms with Crippen LogP contribution in [-0.2, 0) is 14.3 Å². The molecular weight excluding hydrogens is 490 g/mol. The van der Waals surface area contributed by atoms with Crippen LogP contribution < -0.4 is 10.6 Å². The highest BCUT2D eigenvalue weighted by atomic mass is 16.6. The summed E-state index contributed by atoms with van der Waals surface area (Å²) >= 11 is 0. The third-order valence-electron chi connectivity index (χ3n) is 6.81. The zero-order valence-corrected chi connectivity index (χ0v) is 26.1. The second-order valence-corrected chi connectivity index (χ2v) is 12.1. The van der Waals surface area contributed by atoms with Crippen molar-refractivity contribution >= 4 is 17.9 Å². The first-order chi connectivity index (χ1) is 18.3. The molecule has 2 N–H and O–H groups in total. The van der Waals surface area contributed by atoms with E-state index in [0.29, 0.717) is 19.5 Å². The van der Waals surface area contributed by atoms with Gasteiger partial charge in [0, 0.05) is 13.1 Å². The fourth-order valence-corrected chi connectivity index (χ4v) is 4.60. The first-order valence-corrected chi connectivity index (χ1v) is 15.0. The maximum atomic E-state index is 14.3. The molecule has 1 aromatic carbocycles. The van der Waals surface area contributed by atoms with Crippen LogP contribution in [0.4, 0.5) is 4.79 Å². The molecular formula is C32H55N3O4. The molecule has 0 radical (unpaired) electrons. The van der Waals surface area contributed by atoms with E-state index in [-0.39, 0.29) is 17.7 Å². The van der Waals surface area contributed by atoms with Crippen LogP contribution in [0, 0.1) is 19.8 Å². The number of hydrogen-bond acceptors (Lipinski definition) is 4. The molecule has 222 valence electrons. The van der Waals surface area contributed by atoms with E-state index in [2.05, 4.69) is 24.5 Å². The lowest BCUT2D eigenvalue weighted by atomic mass is 9.94. The molecule has 0 aliphatic carbocycles. The van der Waals surface area contributed by atoms with E-state index in [4.69, 9.17) is 4.74 Å². The van der Waals surface area contributed by atoms with Crippen LogP contribution >= 0.6 is 0 Å². The van der Waals surface area contributed by atoms with E-state index in [9.17, 15) is 14.4 Å². The normalized spacial score (nSPS) is 13.1. The van der Waals surface area contributed by atoms with Gasteiger partial charge < -0.3 is 20.3 Å². The Morgan fingerprint density at radius 1 is 0.949 bits per heavy atom. The van der Waals surface area contributed by atoms with Gasteiger partial charge in [-0.05, 0) is 76.5 Å². The van der Waals surface area contributed by atoms with Gasteiger partial charge in [-0.25, -0.2) is 4.79 Å². The summed E-state index contributed by atoms with van der Waals surface area (Å²) in [5.74, 6) is -0.279. The van der Waals surface area contributed by atoms with Gasteiger partial charge in [-0.1, -0.05) is 78.0 Å². The largest absolute Gasteiger partial charge is 0.444 e. The number of benzene rings is 1. The Kier molecular flexibility index (Phi) is 15.2. The van der Waals surface area contributed by atoms with Gasteiger partial charge in [-0.3, -0.25) is 9.59 Å². The molecule has 1 rings (SSSR count). The predicted octanol–water partition coefficient (Wildman–Crippen LogP) is 7.00. The summed E-state index contributed by atoms with van der Waals surface area (Å²) in [4.78, 5) is 42.6. The predicted molar refractivity (Wildman–Crippen MR) is 160 cm³/mol. The number of nitrogens with one attached hydrogen (secondary N) is 2. The van der Waals surface area contributed by atoms with E-state index in [1.807, 2.05) is 45.9 Å². The van der Waals surface area contributed by atoms with Crippen molar-refractivity contribution < 1.29 is 19.1 Å². The topological polar surface area (TPSA) is 87.7 Å². The molecule has 7 nitrogen and oxygen atoms in total. The Morgan fingerprint density at radius 2 is 1.59 bits per heavy atom. The molecule has 0 fully saturated rings. The average molecular weight is 546 g/mol. The highest BCUT2D eigenvalue weighted by molar-refractivity contribution is 5.92. The molecule has 3 amide bonds. The highest BCUT2D eigenvalue weighted by Crippen LogP contribution is 2.28. The van der Waals surface area contributed by atoms with Crippen molar-refractivity contribution in [2.75, 3.05) is 13.1 Å². The SMILES string of the molecule is CCCCCCCN(C(=O)C(CC(C)C)NC(=O)OC(C)(C)C)C(C(=O)NCCCC)c1cccc(C)c1C. The number of nitrogens with zero attached hydrogens (tertiary/aromatic N) is 1. The highest BCUT2D eigenvalue weighted by Gasteiger charge is 2.37. The Balaban J connectivity index is 3.52. The van der Waals surface area contributed by atoms with Crippen molar-refractivity contribution in [3.63, 3.8) is 0 Å². The smallest absolute Gasteiger partial charge is 0.408 e. The van der Waals surface area contributed by atoms with Crippen molar-refractivity contribution in [3.05, 3.63) is 34.9 Å². The molecule has 0 aliphatic heterocycles. The fraction of sp³-hybridized carbons (Fsp3) is 0.719. The van der Waals surface area contributed by atoms with Crippen molar-refractivity contribution in [2.45, 2.75) is 131 Å². The van der Waals surface area contributed by atoms with Gasteiger partial charge in [0.2, 0.25) is 11.8 Å². The summed E-state index contributed by atoms with van der Waals surface area (Å²) in [6, 6.07) is 4.33. The summed E-state index contributed by atoms with van der Waals surface area (Å²) in [6.07, 6.45) is 6.77. The lowest BCUT2D eigenvalue weighted by Gasteiger charge is -2.36. The zero-order valence-electron chi connectivity index (χ0n) is 26.1. The van der Waals surface area contributed by atoms with Crippen molar-refractivity contribution in [3.8, 4) is 0 Å². The summed E-state index contributed by atoms with van der Waals surface area (Å²) < 4.78 is 5.50. The first-order valence-electron chi connectivity index (χ1n) is 15.0. The number of alkyl carbamates (subject to hydrolysis) is 1. The average Bonchev–Trinajstić information content (AvgIpc) is 2.83. The van der Waals surface area contributed by atoms with Crippen LogP contribution in [0.1, 0.15) is 123 Å². The maximum absolute atomic E-state index is 14.3. The number of aryl methyl sites for hydroxylation is 1. The van der Waals surface area contributed by atoms with E-state index in [1.54, 1.807) is 25.7 Å². The van der Waals surface area contributed by atoms with Crippen LogP contribution in [-0.4, -0.2) is 47.5 Å². The zero-order chi connectivity index (χ0) is 29.6. The van der Waals surface area contributed by atoms with Crippen LogP contribution in [0.5, 0.6) is 0 Å². The molecule has 2 unspecified atom stereocenters. The Hall–Kier alpha value is -2.57. The fourth-order valence-electron chi connectivity index (χ4n) is 4.60. The molecule has 1 aromatic rings. The summed E-state index contributed by atoms with van der Waals surface area (Å²) in [6.45, 7) is 18.7. The van der Waals surface area contributed by atoms with E-state index >= 15 is 0 Å². The van der Waals surface area contributed by atoms with E-state index in [1.165, 1.54) is 0 Å². The third kappa shape index (κ3) is 12.4. The molecule has 0 spiro atoms. The maximum Gasteiger partial charge on any atom is 0.408 e. The molecule has 39 heavy (non-hydrogen) atoms. The number of amides is 3. The van der Waals surface area contributed by atoms with Crippen molar-refractivity contribution in [2.24, 2.45) is 5.92 Å². The minimum Gasteiger partial charge on any atom is -0.444 e. The summed E-state index contributed by atoms with van der Waals surface area (Å²) in [5, 5.41) is 5.92. The van der Waals surface area contributed by atoms with E-state index < -0.39 is 23.8 Å². The van der Waals surface area contributed by atoms with Crippen LogP contribution in [0.2, 0.25) is 0 Å². The number of unbranched alkanes of at least 4 members (excludes halogenated alkanes) is 5. The quantitative estimate of drug-likeness (QED) is 0.219. The third-order valence-corrected chi connectivity index (χ3v) is 6.81. The number of hydrogen-bond donors (Lipinski definition) is 2. The van der Waals surface area contributed by atoms with Gasteiger partial charge in [0.1, 0.15) is 17.7 Å². The lowest BCUT2D eigenvalue weighted by Crippen LogP contribution is -2.53. The molecule has 0 aromatic heterocycles. The lowest BCUT2D eigenvalue weighted by molar-refractivity contribution is -0.143. The van der Waals surface area contributed by atoms with Gasteiger partial charge in [0.25, 0.3) is 0 Å². The summed E-state index contributed by atoms with van der Waals surface area (Å²) in [5.41, 5.74) is 2.21. The molecule has 0 heterocycles. The minimum atomic E-state index is -0.799. The number of carbonyl (C=O) groups is 3. The van der Waals surface area contributed by atoms with Gasteiger partial charge in [0.05, 0.1) is 0 Å². The van der Waals surface area contributed by atoms with Crippen molar-refractivity contribution in [1.82, 2.24) is 15.5 Å². The second kappa shape index (κ2) is 17.2. The molecule has 0 saturated carbocycles. The van der Waals surface area contributed by atoms with Crippen molar-refractivity contribution in [1.29, 1.82) is 0 Å². The monoisotopic (exact) mass is 545 g/mol. The Labute approximate surface area is 237 Å². The van der Waals surface area contributed by atoms with Gasteiger partial charge in [-0.15, -0.1) is 0 Å². The van der Waals surface area contributed by atoms with Gasteiger partial charge >= 0.3 is 6.09 Å². The van der Waals surface area contributed by atoms with Crippen LogP contribution in [0.25, 0.3) is 0 Å². The van der Waals surface area contributed by atoms with E-state index in [0.717, 1.165) is 61.6 Å². The Bertz CT molecular complexity index is 907. The van der Waals surface area contributed by atoms with Gasteiger partial charge in [0.15, 0.2) is 0 Å². The molecule has 7 heteroatoms.